The van der Waals surface area contributed by atoms with Gasteiger partial charge in [0.1, 0.15) is 5.75 Å². The van der Waals surface area contributed by atoms with Crippen molar-refractivity contribution in [1.29, 1.82) is 0 Å². The maximum absolute atomic E-state index is 12.8. The van der Waals surface area contributed by atoms with Crippen LogP contribution in [0.5, 0.6) is 5.75 Å². The van der Waals surface area contributed by atoms with E-state index in [1.54, 1.807) is 0 Å². The first-order chi connectivity index (χ1) is 9.88. The van der Waals surface area contributed by atoms with Gasteiger partial charge in [0.25, 0.3) is 0 Å². The van der Waals surface area contributed by atoms with E-state index in [0.29, 0.717) is 5.75 Å². The first-order valence-corrected chi connectivity index (χ1v) is 5.64. The van der Waals surface area contributed by atoms with E-state index in [2.05, 4.69) is 15.0 Å². The van der Waals surface area contributed by atoms with E-state index in [1.165, 1.54) is 31.4 Å². The summed E-state index contributed by atoms with van der Waals surface area (Å²) in [6.45, 7) is 0. The van der Waals surface area contributed by atoms with E-state index in [4.69, 9.17) is 4.74 Å². The van der Waals surface area contributed by atoms with E-state index in [1.807, 2.05) is 0 Å². The Labute approximate surface area is 117 Å². The monoisotopic (exact) mass is 301 g/mol. The summed E-state index contributed by atoms with van der Waals surface area (Å²) < 4.78 is 48.6. The second-order valence-electron chi connectivity index (χ2n) is 3.89. The van der Waals surface area contributed by atoms with Crippen LogP contribution in [-0.4, -0.2) is 35.2 Å². The third-order valence-corrected chi connectivity index (χ3v) is 2.63. The molecule has 2 aromatic rings. The summed E-state index contributed by atoms with van der Waals surface area (Å²) in [7, 11) is 2.43. The van der Waals surface area contributed by atoms with Gasteiger partial charge in [0, 0.05) is 0 Å². The Kier molecular flexibility index (Phi) is 3.83. The molecule has 112 valence electrons. The van der Waals surface area contributed by atoms with Crippen molar-refractivity contribution in [2.45, 2.75) is 6.18 Å². The van der Waals surface area contributed by atoms with Crippen molar-refractivity contribution in [1.82, 2.24) is 15.0 Å². The molecule has 1 heterocycles. The zero-order valence-electron chi connectivity index (χ0n) is 11.0. The fourth-order valence-corrected chi connectivity index (χ4v) is 1.66. The number of hydrogen-bond donors (Lipinski definition) is 0. The predicted molar refractivity (Wildman–Crippen MR) is 64.3 cm³/mol. The smallest absolute Gasteiger partial charge is 0.437 e. The average Bonchev–Trinajstić information content (AvgIpc) is 2.91. The number of hydrogen-bond acceptors (Lipinski definition) is 5. The number of benzene rings is 1. The fourth-order valence-electron chi connectivity index (χ4n) is 1.66. The molecule has 21 heavy (non-hydrogen) atoms. The maximum Gasteiger partial charge on any atom is 0.437 e. The molecule has 2 rings (SSSR count). The van der Waals surface area contributed by atoms with Crippen LogP contribution in [0.1, 0.15) is 16.2 Å². The van der Waals surface area contributed by atoms with Gasteiger partial charge in [-0.2, -0.15) is 13.2 Å². The topological polar surface area (TPSA) is 66.2 Å². The van der Waals surface area contributed by atoms with Gasteiger partial charge in [0.2, 0.25) is 5.69 Å². The van der Waals surface area contributed by atoms with Crippen LogP contribution in [0.15, 0.2) is 24.3 Å². The molecule has 9 heteroatoms. The highest BCUT2D eigenvalue weighted by Crippen LogP contribution is 2.31. The van der Waals surface area contributed by atoms with Crippen molar-refractivity contribution in [2.24, 2.45) is 0 Å². The molecule has 0 unspecified atom stereocenters. The van der Waals surface area contributed by atoms with Crippen LogP contribution in [0.2, 0.25) is 0 Å². The Bertz CT molecular complexity index is 650. The Morgan fingerprint density at radius 3 is 2.29 bits per heavy atom. The lowest BCUT2D eigenvalue weighted by atomic mass is 10.2. The van der Waals surface area contributed by atoms with Crippen LogP contribution >= 0.6 is 0 Å². The number of rotatable bonds is 3. The molecule has 0 atom stereocenters. The highest BCUT2D eigenvalue weighted by atomic mass is 19.4. The van der Waals surface area contributed by atoms with E-state index in [0.717, 1.165) is 11.8 Å². The summed E-state index contributed by atoms with van der Waals surface area (Å²) in [6.07, 6.45) is -4.81. The molecule has 0 saturated carbocycles. The quantitative estimate of drug-likeness (QED) is 0.812. The number of ether oxygens (including phenoxy) is 2. The Morgan fingerprint density at radius 1 is 1.19 bits per heavy atom. The minimum Gasteiger partial charge on any atom is -0.497 e. The molecule has 0 aliphatic carbocycles. The molecule has 0 fully saturated rings. The zero-order valence-corrected chi connectivity index (χ0v) is 11.0. The fraction of sp³-hybridized carbons (Fsp3) is 0.250. The second-order valence-corrected chi connectivity index (χ2v) is 3.89. The van der Waals surface area contributed by atoms with Crippen LogP contribution in [0.25, 0.3) is 5.69 Å². The van der Waals surface area contributed by atoms with Crippen LogP contribution in [0, 0.1) is 0 Å². The maximum atomic E-state index is 12.8. The number of alkyl halides is 3. The summed E-state index contributed by atoms with van der Waals surface area (Å²) in [5, 5.41) is 6.41. The molecule has 0 amide bonds. The number of carbonyl (C=O) groups is 1. The highest BCUT2D eigenvalue weighted by molar-refractivity contribution is 5.89. The van der Waals surface area contributed by atoms with Crippen LogP contribution in [-0.2, 0) is 10.9 Å². The molecule has 0 aliphatic rings. The number of methoxy groups -OCH3 is 2. The van der Waals surface area contributed by atoms with Crippen LogP contribution in [0.4, 0.5) is 13.2 Å². The second kappa shape index (κ2) is 5.43. The van der Waals surface area contributed by atoms with Gasteiger partial charge in [-0.25, -0.2) is 9.48 Å². The third kappa shape index (κ3) is 2.81. The van der Waals surface area contributed by atoms with Gasteiger partial charge >= 0.3 is 12.1 Å². The van der Waals surface area contributed by atoms with Gasteiger partial charge in [-0.15, -0.1) is 5.10 Å². The predicted octanol–water partition coefficient (Wildman–Crippen LogP) is 2.08. The number of halogens is 3. The molecule has 0 saturated heterocycles. The van der Waals surface area contributed by atoms with Gasteiger partial charge in [-0.05, 0) is 24.3 Å². The highest BCUT2D eigenvalue weighted by Gasteiger charge is 2.41. The lowest BCUT2D eigenvalue weighted by Gasteiger charge is -2.08. The molecular formula is C12H10F3N3O3. The number of nitrogens with zero attached hydrogens (tertiary/aromatic N) is 3. The summed E-state index contributed by atoms with van der Waals surface area (Å²) in [4.78, 5) is 11.6. The first kappa shape index (κ1) is 14.8. The minimum atomic E-state index is -4.81. The standard InChI is InChI=1S/C12H10F3N3O3/c1-20-8-5-3-7(4-6-8)18-9(11(19)21-2)10(16-17-18)12(13,14)15/h3-6H,1-2H3. The molecule has 1 aromatic carbocycles. The molecule has 0 spiro atoms. The average molecular weight is 301 g/mol. The molecular weight excluding hydrogens is 291 g/mol. The van der Waals surface area contributed by atoms with Gasteiger partial charge in [0.05, 0.1) is 19.9 Å². The normalized spacial score (nSPS) is 11.3. The van der Waals surface area contributed by atoms with E-state index in [-0.39, 0.29) is 5.69 Å². The number of aromatic nitrogens is 3. The van der Waals surface area contributed by atoms with Gasteiger partial charge in [-0.3, -0.25) is 0 Å². The third-order valence-electron chi connectivity index (χ3n) is 2.63. The Balaban J connectivity index is 2.57. The molecule has 1 aromatic heterocycles. The van der Waals surface area contributed by atoms with Crippen molar-refractivity contribution in [3.05, 3.63) is 35.7 Å². The first-order valence-electron chi connectivity index (χ1n) is 5.64. The van der Waals surface area contributed by atoms with E-state index in [9.17, 15) is 18.0 Å². The van der Waals surface area contributed by atoms with Crippen molar-refractivity contribution in [3.63, 3.8) is 0 Å². The zero-order chi connectivity index (χ0) is 15.6. The van der Waals surface area contributed by atoms with Crippen molar-refractivity contribution < 1.29 is 27.4 Å². The SMILES string of the molecule is COC(=O)c1c(C(F)(F)F)nnn1-c1ccc(OC)cc1. The summed E-state index contributed by atoms with van der Waals surface area (Å²) in [6, 6.07) is 5.93. The summed E-state index contributed by atoms with van der Waals surface area (Å²) in [5.41, 5.74) is -1.96. The molecule has 0 N–H and O–H groups in total. The van der Waals surface area contributed by atoms with Crippen molar-refractivity contribution >= 4 is 5.97 Å². The summed E-state index contributed by atoms with van der Waals surface area (Å²) in [5.74, 6) is -0.669. The van der Waals surface area contributed by atoms with Crippen molar-refractivity contribution in [2.75, 3.05) is 14.2 Å². The number of esters is 1. The van der Waals surface area contributed by atoms with Gasteiger partial charge in [-0.1, -0.05) is 5.21 Å². The Hall–Kier alpha value is -2.58. The molecule has 0 bridgehead atoms. The van der Waals surface area contributed by atoms with Gasteiger partial charge in [0.15, 0.2) is 5.69 Å². The Morgan fingerprint density at radius 2 is 1.81 bits per heavy atom. The lowest BCUT2D eigenvalue weighted by Crippen LogP contribution is -2.17. The van der Waals surface area contributed by atoms with Crippen molar-refractivity contribution in [3.8, 4) is 11.4 Å². The van der Waals surface area contributed by atoms with Gasteiger partial charge < -0.3 is 9.47 Å². The van der Waals surface area contributed by atoms with E-state index < -0.39 is 23.5 Å². The minimum absolute atomic E-state index is 0.221. The molecule has 6 nitrogen and oxygen atoms in total. The summed E-state index contributed by atoms with van der Waals surface area (Å²) >= 11 is 0. The van der Waals surface area contributed by atoms with E-state index >= 15 is 0 Å². The molecule has 0 radical (unpaired) electrons. The largest absolute Gasteiger partial charge is 0.497 e. The molecule has 0 aliphatic heterocycles. The van der Waals surface area contributed by atoms with Crippen LogP contribution < -0.4 is 4.74 Å². The number of carbonyl (C=O) groups excluding carboxylic acids is 1. The van der Waals surface area contributed by atoms with Crippen LogP contribution in [0.3, 0.4) is 0 Å². The lowest BCUT2D eigenvalue weighted by molar-refractivity contribution is -0.141.